The first-order valence-corrected chi connectivity index (χ1v) is 20.9. The predicted octanol–water partition coefficient (Wildman–Crippen LogP) is 11.4. The Labute approximate surface area is 338 Å². The van der Waals surface area contributed by atoms with E-state index in [9.17, 15) is 4.79 Å². The second kappa shape index (κ2) is 25.5. The lowest BCUT2D eigenvalue weighted by atomic mass is 9.94. The standard InChI is InChI=1S/C31H41N3O2.C14H22N2.C4H6/c1-4-6-7-8-14-21-34(30(5-2)33-19-12-9-13-20-33)31(35)23-32-24(3)25-17-18-29-27(22-25)26-15-10-11-16-28(26)36-29;1-5-12(3)14-6-7-16-10-13(14)8-11(2)9-15-4;1-3-4-2/h5,8,10-11,14-18,22,24,32H,4,6-7,9,12-13,19-21,23H2,1-3H3;6-8,10,12,15H,5,9H2,1-4H3;1H,4H2,2H3/b14-8-,30-5-;11-8+;. The Morgan fingerprint density at radius 2 is 1.75 bits per heavy atom. The number of fused-ring (bicyclic) bond motifs is 3. The second-order valence-corrected chi connectivity index (χ2v) is 14.7. The van der Waals surface area contributed by atoms with Crippen LogP contribution in [-0.4, -0.2) is 60.5 Å². The van der Waals surface area contributed by atoms with Crippen molar-refractivity contribution >= 4 is 33.9 Å². The Kier molecular flexibility index (Phi) is 20.8. The number of aromatic nitrogens is 1. The molecule has 0 radical (unpaired) electrons. The summed E-state index contributed by atoms with van der Waals surface area (Å²) in [5.41, 5.74) is 6.93. The third kappa shape index (κ3) is 14.1. The maximum Gasteiger partial charge on any atom is 0.242 e. The number of para-hydroxylation sites is 1. The van der Waals surface area contributed by atoms with Crippen molar-refractivity contribution in [3.8, 4) is 12.3 Å². The van der Waals surface area contributed by atoms with Gasteiger partial charge in [0, 0.05) is 61.8 Å². The Morgan fingerprint density at radius 3 is 2.43 bits per heavy atom. The maximum atomic E-state index is 13.5. The Balaban J connectivity index is 0.000000349. The van der Waals surface area contributed by atoms with Crippen LogP contribution in [0.1, 0.15) is 128 Å². The molecule has 3 heterocycles. The molecule has 5 rings (SSSR count). The van der Waals surface area contributed by atoms with Gasteiger partial charge in [0.2, 0.25) is 5.91 Å². The Hall–Kier alpha value is -4.64. The summed E-state index contributed by atoms with van der Waals surface area (Å²) < 4.78 is 5.98. The summed E-state index contributed by atoms with van der Waals surface area (Å²) >= 11 is 0. The van der Waals surface area contributed by atoms with Crippen LogP contribution in [0.15, 0.2) is 95.0 Å². The van der Waals surface area contributed by atoms with Gasteiger partial charge in [0.25, 0.3) is 0 Å². The fourth-order valence-corrected chi connectivity index (χ4v) is 6.84. The fourth-order valence-electron chi connectivity index (χ4n) is 6.84. The van der Waals surface area contributed by atoms with E-state index in [2.05, 4.69) is 110 Å². The molecule has 0 aliphatic carbocycles. The summed E-state index contributed by atoms with van der Waals surface area (Å²) in [5, 5.41) is 8.88. The van der Waals surface area contributed by atoms with Crippen molar-refractivity contribution in [1.82, 2.24) is 25.4 Å². The molecule has 2 aromatic heterocycles. The van der Waals surface area contributed by atoms with Crippen molar-refractivity contribution < 1.29 is 9.21 Å². The molecule has 0 bridgehead atoms. The topological polar surface area (TPSA) is 73.6 Å². The van der Waals surface area contributed by atoms with E-state index in [1.807, 2.05) is 62.5 Å². The molecule has 7 heteroatoms. The van der Waals surface area contributed by atoms with E-state index in [0.29, 0.717) is 19.0 Å². The predicted molar refractivity (Wildman–Crippen MR) is 239 cm³/mol. The lowest BCUT2D eigenvalue weighted by Gasteiger charge is -2.37. The van der Waals surface area contributed by atoms with Crippen molar-refractivity contribution in [2.24, 2.45) is 0 Å². The van der Waals surface area contributed by atoms with Crippen molar-refractivity contribution in [3.63, 3.8) is 0 Å². The summed E-state index contributed by atoms with van der Waals surface area (Å²) in [5.74, 6) is 4.17. The van der Waals surface area contributed by atoms with E-state index in [1.54, 1.807) is 0 Å². The highest BCUT2D eigenvalue weighted by Gasteiger charge is 2.23. The molecule has 1 aliphatic rings. The zero-order valence-corrected chi connectivity index (χ0v) is 35.7. The molecular weight excluding hydrogens is 691 g/mol. The van der Waals surface area contributed by atoms with Gasteiger partial charge in [-0.2, -0.15) is 0 Å². The zero-order valence-electron chi connectivity index (χ0n) is 35.7. The van der Waals surface area contributed by atoms with E-state index in [-0.39, 0.29) is 11.9 Å². The number of amides is 1. The number of allylic oxidation sites excluding steroid dienone is 2. The van der Waals surface area contributed by atoms with Gasteiger partial charge in [0.1, 0.15) is 17.0 Å². The first kappa shape index (κ1) is 45.7. The average Bonchev–Trinajstić information content (AvgIpc) is 3.61. The van der Waals surface area contributed by atoms with Crippen LogP contribution in [-0.2, 0) is 4.79 Å². The number of piperidine rings is 1. The molecule has 7 nitrogen and oxygen atoms in total. The van der Waals surface area contributed by atoms with Crippen molar-refractivity contribution in [3.05, 3.63) is 107 Å². The first-order valence-electron chi connectivity index (χ1n) is 20.9. The van der Waals surface area contributed by atoms with Crippen molar-refractivity contribution in [2.45, 2.75) is 112 Å². The summed E-state index contributed by atoms with van der Waals surface area (Å²) in [6.07, 6.45) is 26.4. The summed E-state index contributed by atoms with van der Waals surface area (Å²) in [6, 6.07) is 16.6. The molecule has 0 spiro atoms. The van der Waals surface area contributed by atoms with Crippen molar-refractivity contribution in [1.29, 1.82) is 0 Å². The number of nitrogens with zero attached hydrogens (tertiary/aromatic N) is 3. The highest BCUT2D eigenvalue weighted by Crippen LogP contribution is 2.31. The Bertz CT molecular complexity index is 1890. The van der Waals surface area contributed by atoms with Crippen molar-refractivity contribution in [2.75, 3.05) is 39.8 Å². The Morgan fingerprint density at radius 1 is 1.02 bits per heavy atom. The second-order valence-electron chi connectivity index (χ2n) is 14.7. The third-order valence-electron chi connectivity index (χ3n) is 10.2. The SMILES string of the molecule is C#CCC.C/C=C(/N1CCCCC1)N(C/C=C\CCCC)C(=O)CNC(C)c1ccc2oc3ccccc3c2c1.CCC(C)c1ccncc1/C=C(\C)CNC. The third-order valence-corrected chi connectivity index (χ3v) is 10.2. The van der Waals surface area contributed by atoms with E-state index in [1.165, 1.54) is 48.8 Å². The van der Waals surface area contributed by atoms with Gasteiger partial charge < -0.3 is 20.0 Å². The number of benzene rings is 2. The van der Waals surface area contributed by atoms with E-state index >= 15 is 0 Å². The fraction of sp³-hybridized carbons (Fsp3) is 0.469. The normalized spacial score (nSPS) is 14.4. The van der Waals surface area contributed by atoms with Gasteiger partial charge in [0.15, 0.2) is 0 Å². The number of rotatable bonds is 16. The van der Waals surface area contributed by atoms with Crippen LogP contribution in [0.4, 0.5) is 0 Å². The number of pyridine rings is 1. The summed E-state index contributed by atoms with van der Waals surface area (Å²) in [7, 11) is 1.97. The van der Waals surface area contributed by atoms with Gasteiger partial charge in [-0.3, -0.25) is 14.7 Å². The highest BCUT2D eigenvalue weighted by molar-refractivity contribution is 6.05. The maximum absolute atomic E-state index is 13.5. The molecule has 1 aliphatic heterocycles. The van der Waals surface area contributed by atoms with Gasteiger partial charge in [-0.25, -0.2) is 0 Å². The molecule has 1 saturated heterocycles. The molecule has 2 N–H and O–H groups in total. The average molecular weight is 760 g/mol. The number of unbranched alkanes of at least 4 members (excludes halogenated alkanes) is 2. The van der Waals surface area contributed by atoms with E-state index in [4.69, 9.17) is 10.8 Å². The molecule has 4 aromatic rings. The summed E-state index contributed by atoms with van der Waals surface area (Å²) in [6.45, 7) is 18.8. The van der Waals surface area contributed by atoms with Gasteiger partial charge in [-0.1, -0.05) is 88.6 Å². The number of hydrogen-bond donors (Lipinski definition) is 2. The molecule has 302 valence electrons. The monoisotopic (exact) mass is 760 g/mol. The molecule has 2 atom stereocenters. The molecule has 1 amide bonds. The van der Waals surface area contributed by atoms with Gasteiger partial charge in [-0.05, 0) is 113 Å². The number of terminal acetylenes is 1. The smallest absolute Gasteiger partial charge is 0.242 e. The molecule has 1 fully saturated rings. The zero-order chi connectivity index (χ0) is 40.7. The van der Waals surface area contributed by atoms with Crippen LogP contribution in [0.25, 0.3) is 28.0 Å². The number of carbonyl (C=O) groups is 1. The van der Waals surface area contributed by atoms with Crippen LogP contribution in [0.5, 0.6) is 0 Å². The van der Waals surface area contributed by atoms with Crippen LogP contribution < -0.4 is 10.6 Å². The molecule has 0 saturated carbocycles. The molecule has 56 heavy (non-hydrogen) atoms. The van der Waals surface area contributed by atoms with Crippen LogP contribution >= 0.6 is 0 Å². The van der Waals surface area contributed by atoms with E-state index in [0.717, 1.165) is 72.2 Å². The minimum Gasteiger partial charge on any atom is -0.456 e. The number of likely N-dealkylation sites (tertiary alicyclic amines) is 1. The highest BCUT2D eigenvalue weighted by atomic mass is 16.3. The number of likely N-dealkylation sites (N-methyl/N-ethyl adjacent to an activating group) is 1. The van der Waals surface area contributed by atoms with Crippen LogP contribution in [0.3, 0.4) is 0 Å². The van der Waals surface area contributed by atoms with Crippen LogP contribution in [0, 0.1) is 12.3 Å². The lowest BCUT2D eigenvalue weighted by Crippen LogP contribution is -2.45. The number of furan rings is 1. The summed E-state index contributed by atoms with van der Waals surface area (Å²) in [4.78, 5) is 22.1. The number of hydrogen-bond acceptors (Lipinski definition) is 6. The quantitative estimate of drug-likeness (QED) is 0.0673. The first-order chi connectivity index (χ1) is 27.2. The molecular formula is C49H69N5O2. The largest absolute Gasteiger partial charge is 0.456 e. The number of nitrogens with one attached hydrogen (secondary N) is 2. The van der Waals surface area contributed by atoms with Crippen LogP contribution in [0.2, 0.25) is 0 Å². The van der Waals surface area contributed by atoms with Gasteiger partial charge in [-0.15, -0.1) is 12.3 Å². The minimum absolute atomic E-state index is 0.0398. The minimum atomic E-state index is 0.0398. The number of carbonyl (C=O) groups excluding carboxylic acids is 1. The molecule has 2 unspecified atom stereocenters. The van der Waals surface area contributed by atoms with Gasteiger partial charge >= 0.3 is 0 Å². The molecule has 2 aromatic carbocycles. The van der Waals surface area contributed by atoms with Gasteiger partial charge in [0.05, 0.1) is 6.54 Å². The lowest BCUT2D eigenvalue weighted by molar-refractivity contribution is -0.129. The van der Waals surface area contributed by atoms with E-state index < -0.39 is 0 Å².